The number of furan rings is 1. The predicted octanol–water partition coefficient (Wildman–Crippen LogP) is 5.90. The number of aldehydes is 1. The predicted molar refractivity (Wildman–Crippen MR) is 133 cm³/mol. The lowest BCUT2D eigenvalue weighted by Gasteiger charge is -2.25. The SMILES string of the molecule is COc1ccc(CN(c2cc3oc(-c4ccc(F)cc4)c(C=O)c3cc2C2CC2)S(C)(=O)=O)cc1. The minimum atomic E-state index is -3.65. The lowest BCUT2D eigenvalue weighted by Crippen LogP contribution is -2.30. The molecule has 1 fully saturated rings. The van der Waals surface area contributed by atoms with Crippen molar-refractivity contribution in [2.45, 2.75) is 25.3 Å². The van der Waals surface area contributed by atoms with Gasteiger partial charge in [0.05, 0.1) is 31.2 Å². The first-order valence-corrected chi connectivity index (χ1v) is 13.1. The third-order valence-electron chi connectivity index (χ3n) is 6.27. The number of hydrogen-bond acceptors (Lipinski definition) is 5. The van der Waals surface area contributed by atoms with Crippen LogP contribution in [0, 0.1) is 5.82 Å². The molecule has 1 aliphatic rings. The molecular formula is C27H24FNO5S. The van der Waals surface area contributed by atoms with Crippen LogP contribution in [-0.2, 0) is 16.6 Å². The molecule has 1 aromatic heterocycles. The van der Waals surface area contributed by atoms with Crippen molar-refractivity contribution in [3.8, 4) is 17.1 Å². The van der Waals surface area contributed by atoms with Gasteiger partial charge in [-0.25, -0.2) is 12.8 Å². The first kappa shape index (κ1) is 23.1. The molecule has 0 saturated heterocycles. The number of benzene rings is 3. The summed E-state index contributed by atoms with van der Waals surface area (Å²) in [7, 11) is -2.07. The van der Waals surface area contributed by atoms with E-state index < -0.39 is 15.8 Å². The van der Waals surface area contributed by atoms with E-state index in [1.165, 1.54) is 22.7 Å². The van der Waals surface area contributed by atoms with E-state index in [0.717, 1.165) is 30.3 Å². The molecule has 0 bridgehead atoms. The zero-order valence-corrected chi connectivity index (χ0v) is 20.1. The Labute approximate surface area is 203 Å². The molecule has 0 aliphatic heterocycles. The highest BCUT2D eigenvalue weighted by Gasteiger charge is 2.32. The van der Waals surface area contributed by atoms with Crippen molar-refractivity contribution < 1.29 is 26.8 Å². The molecule has 0 radical (unpaired) electrons. The van der Waals surface area contributed by atoms with Crippen molar-refractivity contribution in [1.82, 2.24) is 0 Å². The molecular weight excluding hydrogens is 469 g/mol. The van der Waals surface area contributed by atoms with Crippen LogP contribution in [0.3, 0.4) is 0 Å². The zero-order chi connectivity index (χ0) is 24.7. The van der Waals surface area contributed by atoms with Crippen LogP contribution in [0.5, 0.6) is 5.75 Å². The smallest absolute Gasteiger partial charge is 0.232 e. The highest BCUT2D eigenvalue weighted by molar-refractivity contribution is 7.92. The Kier molecular flexibility index (Phi) is 5.84. The number of halogens is 1. The molecule has 0 unspecified atom stereocenters. The van der Waals surface area contributed by atoms with Gasteiger partial charge in [0.1, 0.15) is 22.9 Å². The minimum Gasteiger partial charge on any atom is -0.497 e. The second-order valence-electron chi connectivity index (χ2n) is 8.77. The standard InChI is InChI=1S/C27H24FNO5S/c1-33-21-11-3-17(4-12-21)15-29(35(2,31)32)25-14-26-23(13-22(25)18-5-6-18)24(16-30)27(34-26)19-7-9-20(28)10-8-19/h3-4,7-14,16,18H,5-6,15H2,1-2H3. The third kappa shape index (κ3) is 4.53. The summed E-state index contributed by atoms with van der Waals surface area (Å²) in [5.41, 5.74) is 3.53. The number of rotatable bonds is 8. The molecule has 0 amide bonds. The summed E-state index contributed by atoms with van der Waals surface area (Å²) in [6.45, 7) is 0.139. The lowest BCUT2D eigenvalue weighted by molar-refractivity contribution is 0.112. The van der Waals surface area contributed by atoms with Crippen molar-refractivity contribution in [3.63, 3.8) is 0 Å². The Hall–Kier alpha value is -3.65. The molecule has 0 spiro atoms. The van der Waals surface area contributed by atoms with Gasteiger partial charge < -0.3 is 9.15 Å². The zero-order valence-electron chi connectivity index (χ0n) is 19.3. The quantitative estimate of drug-likeness (QED) is 0.286. The first-order chi connectivity index (χ1) is 16.8. The van der Waals surface area contributed by atoms with E-state index in [2.05, 4.69) is 0 Å². The number of sulfonamides is 1. The van der Waals surface area contributed by atoms with E-state index in [4.69, 9.17) is 9.15 Å². The highest BCUT2D eigenvalue weighted by Crippen LogP contribution is 2.48. The third-order valence-corrected chi connectivity index (χ3v) is 7.40. The normalized spacial score (nSPS) is 13.7. The Balaban J connectivity index is 1.66. The van der Waals surface area contributed by atoms with Crippen LogP contribution in [0.15, 0.2) is 65.1 Å². The summed E-state index contributed by atoms with van der Waals surface area (Å²) in [4.78, 5) is 12.1. The Bertz CT molecular complexity index is 1500. The summed E-state index contributed by atoms with van der Waals surface area (Å²) in [5, 5.41) is 0.614. The van der Waals surface area contributed by atoms with Gasteiger partial charge in [0.2, 0.25) is 10.0 Å². The van der Waals surface area contributed by atoms with E-state index in [9.17, 15) is 17.6 Å². The number of carbonyl (C=O) groups is 1. The maximum atomic E-state index is 13.4. The van der Waals surface area contributed by atoms with E-state index >= 15 is 0 Å². The highest BCUT2D eigenvalue weighted by atomic mass is 32.2. The molecule has 0 atom stereocenters. The number of methoxy groups -OCH3 is 1. The molecule has 8 heteroatoms. The fourth-order valence-corrected chi connectivity index (χ4v) is 5.21. The van der Waals surface area contributed by atoms with Crippen molar-refractivity contribution in [2.75, 3.05) is 17.7 Å². The van der Waals surface area contributed by atoms with Crippen LogP contribution < -0.4 is 9.04 Å². The van der Waals surface area contributed by atoms with Crippen molar-refractivity contribution in [1.29, 1.82) is 0 Å². The molecule has 5 rings (SSSR count). The van der Waals surface area contributed by atoms with Crippen molar-refractivity contribution in [2.24, 2.45) is 0 Å². The van der Waals surface area contributed by atoms with Crippen LogP contribution >= 0.6 is 0 Å². The molecule has 1 saturated carbocycles. The van der Waals surface area contributed by atoms with Crippen LogP contribution in [0.1, 0.15) is 40.2 Å². The fourth-order valence-electron chi connectivity index (χ4n) is 4.32. The van der Waals surface area contributed by atoms with Crippen LogP contribution in [0.25, 0.3) is 22.3 Å². The second kappa shape index (κ2) is 8.85. The van der Waals surface area contributed by atoms with Gasteiger partial charge in [-0.15, -0.1) is 0 Å². The fraction of sp³-hybridized carbons (Fsp3) is 0.222. The van der Waals surface area contributed by atoms with Crippen LogP contribution in [0.4, 0.5) is 10.1 Å². The maximum Gasteiger partial charge on any atom is 0.232 e. The van der Waals surface area contributed by atoms with Gasteiger partial charge >= 0.3 is 0 Å². The number of ether oxygens (including phenoxy) is 1. The van der Waals surface area contributed by atoms with E-state index in [1.807, 2.05) is 18.2 Å². The Morgan fingerprint density at radius 2 is 1.77 bits per heavy atom. The van der Waals surface area contributed by atoms with Crippen molar-refractivity contribution >= 4 is 33.0 Å². The molecule has 3 aromatic carbocycles. The molecule has 4 aromatic rings. The summed E-state index contributed by atoms with van der Waals surface area (Å²) in [6, 6.07) is 16.5. The van der Waals surface area contributed by atoms with E-state index in [-0.39, 0.29) is 12.5 Å². The lowest BCUT2D eigenvalue weighted by atomic mass is 10.0. The van der Waals surface area contributed by atoms with Gasteiger partial charge in [-0.1, -0.05) is 12.1 Å². The van der Waals surface area contributed by atoms with Crippen LogP contribution in [0.2, 0.25) is 0 Å². The van der Waals surface area contributed by atoms with Crippen molar-refractivity contribution in [3.05, 3.63) is 83.2 Å². The summed E-state index contributed by atoms with van der Waals surface area (Å²) in [6.07, 6.45) is 3.79. The van der Waals surface area contributed by atoms with E-state index in [0.29, 0.717) is 39.3 Å². The van der Waals surface area contributed by atoms with Gasteiger partial charge in [0.15, 0.2) is 6.29 Å². The van der Waals surface area contributed by atoms with Gasteiger partial charge in [0.25, 0.3) is 0 Å². The largest absolute Gasteiger partial charge is 0.497 e. The molecule has 35 heavy (non-hydrogen) atoms. The van der Waals surface area contributed by atoms with Crippen LogP contribution in [-0.4, -0.2) is 28.1 Å². The Morgan fingerprint density at radius 3 is 2.34 bits per heavy atom. The van der Waals surface area contributed by atoms with Gasteiger partial charge in [-0.2, -0.15) is 0 Å². The first-order valence-electron chi connectivity index (χ1n) is 11.2. The van der Waals surface area contributed by atoms with E-state index in [1.54, 1.807) is 37.4 Å². The Morgan fingerprint density at radius 1 is 1.09 bits per heavy atom. The number of hydrogen-bond donors (Lipinski definition) is 0. The molecule has 0 N–H and O–H groups in total. The average Bonchev–Trinajstić information content (AvgIpc) is 3.62. The second-order valence-corrected chi connectivity index (χ2v) is 10.7. The summed E-state index contributed by atoms with van der Waals surface area (Å²) >= 11 is 0. The summed E-state index contributed by atoms with van der Waals surface area (Å²) < 4.78 is 52.0. The molecule has 1 heterocycles. The minimum absolute atomic E-state index is 0.139. The molecule has 1 aliphatic carbocycles. The van der Waals surface area contributed by atoms with Gasteiger partial charge in [-0.3, -0.25) is 9.10 Å². The summed E-state index contributed by atoms with van der Waals surface area (Å²) in [5.74, 6) is 0.830. The number of anilines is 1. The van der Waals surface area contributed by atoms with Gasteiger partial charge in [-0.05, 0) is 72.4 Å². The average molecular weight is 494 g/mol. The van der Waals surface area contributed by atoms with Gasteiger partial charge in [0, 0.05) is 17.0 Å². The molecule has 180 valence electrons. The number of carbonyl (C=O) groups excluding carboxylic acids is 1. The molecule has 6 nitrogen and oxygen atoms in total. The monoisotopic (exact) mass is 493 g/mol. The number of nitrogens with zero attached hydrogens (tertiary/aromatic N) is 1. The maximum absolute atomic E-state index is 13.4. The number of fused-ring (bicyclic) bond motifs is 1. The topological polar surface area (TPSA) is 76.8 Å².